The van der Waals surface area contributed by atoms with Gasteiger partial charge in [-0.25, -0.2) is 18.0 Å². The lowest BCUT2D eigenvalue weighted by atomic mass is 9.98. The van der Waals surface area contributed by atoms with Gasteiger partial charge in [0.1, 0.15) is 0 Å². The van der Waals surface area contributed by atoms with Crippen molar-refractivity contribution in [1.29, 1.82) is 0 Å². The first-order valence-electron chi connectivity index (χ1n) is 10.0. The van der Waals surface area contributed by atoms with Gasteiger partial charge >= 0.3 is 11.9 Å². The Hall–Kier alpha value is -2.95. The van der Waals surface area contributed by atoms with Crippen molar-refractivity contribution < 1.29 is 32.3 Å². The van der Waals surface area contributed by atoms with E-state index in [1.807, 2.05) is 0 Å². The van der Waals surface area contributed by atoms with E-state index in [0.717, 1.165) is 0 Å². The van der Waals surface area contributed by atoms with Crippen molar-refractivity contribution in [1.82, 2.24) is 4.31 Å². The lowest BCUT2D eigenvalue weighted by Crippen LogP contribution is -2.43. The van der Waals surface area contributed by atoms with Crippen LogP contribution in [0.25, 0.3) is 0 Å². The normalized spacial score (nSPS) is 16.6. The number of amides is 1. The van der Waals surface area contributed by atoms with Crippen LogP contribution >= 0.6 is 11.6 Å². The van der Waals surface area contributed by atoms with Crippen molar-refractivity contribution >= 4 is 45.2 Å². The zero-order valence-corrected chi connectivity index (χ0v) is 19.6. The molecule has 1 aliphatic heterocycles. The van der Waals surface area contributed by atoms with Gasteiger partial charge in [0, 0.05) is 23.8 Å². The monoisotopic (exact) mass is 494 g/mol. The molecule has 1 aliphatic rings. The molecule has 1 saturated heterocycles. The van der Waals surface area contributed by atoms with Gasteiger partial charge in [-0.05, 0) is 55.3 Å². The van der Waals surface area contributed by atoms with E-state index in [2.05, 4.69) is 5.32 Å². The molecule has 1 fully saturated rings. The standard InChI is InChI=1S/C22H23ClN2O7S/c1-31-21(27)15-10-16(22(28)32-2)12-18(11-15)24-20(26)14-4-3-9-25(13-14)33(29,30)19-7-5-17(23)6-8-19/h5-8,10-12,14H,3-4,9,13H2,1-2H3,(H,24,26). The largest absolute Gasteiger partial charge is 0.465 e. The molecule has 11 heteroatoms. The first-order valence-corrected chi connectivity index (χ1v) is 11.9. The molecule has 0 spiro atoms. The van der Waals surface area contributed by atoms with Gasteiger partial charge in [-0.15, -0.1) is 0 Å². The Balaban J connectivity index is 1.79. The van der Waals surface area contributed by atoms with E-state index in [1.54, 1.807) is 0 Å². The summed E-state index contributed by atoms with van der Waals surface area (Å²) in [4.78, 5) is 37.0. The number of methoxy groups -OCH3 is 2. The first kappa shape index (κ1) is 24.7. The van der Waals surface area contributed by atoms with E-state index in [1.165, 1.54) is 61.0 Å². The van der Waals surface area contributed by atoms with Gasteiger partial charge in [0.15, 0.2) is 0 Å². The SMILES string of the molecule is COC(=O)c1cc(NC(=O)C2CCCN(S(=O)(=O)c3ccc(Cl)cc3)C2)cc(C(=O)OC)c1. The number of carbonyl (C=O) groups is 3. The van der Waals surface area contributed by atoms with E-state index in [-0.39, 0.29) is 28.3 Å². The van der Waals surface area contributed by atoms with Gasteiger partial charge in [0.05, 0.1) is 36.2 Å². The number of hydrogen-bond donors (Lipinski definition) is 1. The molecular formula is C22H23ClN2O7S. The highest BCUT2D eigenvalue weighted by Crippen LogP contribution is 2.26. The second-order valence-electron chi connectivity index (χ2n) is 7.43. The van der Waals surface area contributed by atoms with Crippen LogP contribution in [-0.4, -0.2) is 57.9 Å². The molecule has 3 rings (SSSR count). The number of benzene rings is 2. The third-order valence-corrected chi connectivity index (χ3v) is 7.38. The van der Waals surface area contributed by atoms with Gasteiger partial charge in [0.2, 0.25) is 15.9 Å². The van der Waals surface area contributed by atoms with Crippen LogP contribution in [0.3, 0.4) is 0 Å². The molecule has 2 aromatic rings. The average Bonchev–Trinajstić information content (AvgIpc) is 2.83. The molecular weight excluding hydrogens is 472 g/mol. The van der Waals surface area contributed by atoms with Crippen LogP contribution in [0.5, 0.6) is 0 Å². The minimum atomic E-state index is -3.79. The number of sulfonamides is 1. The molecule has 1 unspecified atom stereocenters. The summed E-state index contributed by atoms with van der Waals surface area (Å²) in [5.74, 6) is -2.42. The maximum atomic E-state index is 13.0. The lowest BCUT2D eigenvalue weighted by molar-refractivity contribution is -0.120. The van der Waals surface area contributed by atoms with Crippen LogP contribution in [-0.2, 0) is 24.3 Å². The Labute approximate surface area is 196 Å². The maximum Gasteiger partial charge on any atom is 0.337 e. The molecule has 1 N–H and O–H groups in total. The number of piperidine rings is 1. The highest BCUT2D eigenvalue weighted by molar-refractivity contribution is 7.89. The average molecular weight is 495 g/mol. The van der Waals surface area contributed by atoms with Crippen molar-refractivity contribution in [2.24, 2.45) is 5.92 Å². The van der Waals surface area contributed by atoms with Gasteiger partial charge in [-0.2, -0.15) is 4.31 Å². The fourth-order valence-electron chi connectivity index (χ4n) is 3.55. The minimum absolute atomic E-state index is 0.00263. The second-order valence-corrected chi connectivity index (χ2v) is 9.80. The van der Waals surface area contributed by atoms with Gasteiger partial charge in [-0.1, -0.05) is 11.6 Å². The molecule has 0 bridgehead atoms. The topological polar surface area (TPSA) is 119 Å². The molecule has 0 aliphatic carbocycles. The first-order chi connectivity index (χ1) is 15.6. The zero-order valence-electron chi connectivity index (χ0n) is 18.0. The number of hydrogen-bond acceptors (Lipinski definition) is 7. The van der Waals surface area contributed by atoms with Crippen molar-refractivity contribution in [3.05, 3.63) is 58.6 Å². The van der Waals surface area contributed by atoms with Crippen LogP contribution in [0.1, 0.15) is 33.6 Å². The Morgan fingerprint density at radius 2 is 1.58 bits per heavy atom. The van der Waals surface area contributed by atoms with Crippen LogP contribution in [0.15, 0.2) is 47.4 Å². The van der Waals surface area contributed by atoms with Crippen molar-refractivity contribution in [3.63, 3.8) is 0 Å². The van der Waals surface area contributed by atoms with Crippen LogP contribution in [0, 0.1) is 5.92 Å². The summed E-state index contributed by atoms with van der Waals surface area (Å²) in [5, 5.41) is 3.10. The molecule has 1 heterocycles. The summed E-state index contributed by atoms with van der Waals surface area (Å²) >= 11 is 5.85. The highest BCUT2D eigenvalue weighted by Gasteiger charge is 2.33. The molecule has 1 amide bonds. The fourth-order valence-corrected chi connectivity index (χ4v) is 5.20. The zero-order chi connectivity index (χ0) is 24.2. The molecule has 2 aromatic carbocycles. The summed E-state index contributed by atoms with van der Waals surface area (Å²) < 4.78 is 36.6. The number of carbonyl (C=O) groups excluding carboxylic acids is 3. The summed E-state index contributed by atoms with van der Waals surface area (Å²) in [6, 6.07) is 9.89. The van der Waals surface area contributed by atoms with Gasteiger partial charge in [0.25, 0.3) is 0 Å². The summed E-state index contributed by atoms with van der Waals surface area (Å²) in [6.07, 6.45) is 0.986. The fraction of sp³-hybridized carbons (Fsp3) is 0.318. The Bertz CT molecular complexity index is 1130. The van der Waals surface area contributed by atoms with Crippen LogP contribution in [0.4, 0.5) is 5.69 Å². The predicted octanol–water partition coefficient (Wildman–Crippen LogP) is 2.95. The highest BCUT2D eigenvalue weighted by atomic mass is 35.5. The quantitative estimate of drug-likeness (QED) is 0.613. The van der Waals surface area contributed by atoms with E-state index >= 15 is 0 Å². The summed E-state index contributed by atoms with van der Waals surface area (Å²) in [7, 11) is -1.39. The number of halogens is 1. The Kier molecular flexibility index (Phi) is 7.72. The summed E-state index contributed by atoms with van der Waals surface area (Å²) in [6.45, 7) is 0.288. The molecule has 0 radical (unpaired) electrons. The number of esters is 2. The Morgan fingerprint density at radius 1 is 1.00 bits per heavy atom. The molecule has 9 nitrogen and oxygen atoms in total. The minimum Gasteiger partial charge on any atom is -0.465 e. The lowest BCUT2D eigenvalue weighted by Gasteiger charge is -2.31. The third-order valence-electron chi connectivity index (χ3n) is 5.25. The predicted molar refractivity (Wildman–Crippen MR) is 121 cm³/mol. The third kappa shape index (κ3) is 5.70. The molecule has 1 atom stereocenters. The van der Waals surface area contributed by atoms with E-state index in [9.17, 15) is 22.8 Å². The number of nitrogens with one attached hydrogen (secondary N) is 1. The Morgan fingerprint density at radius 3 is 2.12 bits per heavy atom. The molecule has 0 saturated carbocycles. The number of nitrogens with zero attached hydrogens (tertiary/aromatic N) is 1. The van der Waals surface area contributed by atoms with Crippen molar-refractivity contribution in [2.45, 2.75) is 17.7 Å². The van der Waals surface area contributed by atoms with Crippen molar-refractivity contribution in [2.75, 3.05) is 32.6 Å². The van der Waals surface area contributed by atoms with E-state index in [0.29, 0.717) is 24.4 Å². The van der Waals surface area contributed by atoms with E-state index in [4.69, 9.17) is 21.1 Å². The summed E-state index contributed by atoms with van der Waals surface area (Å²) in [5.41, 5.74) is 0.318. The molecule has 176 valence electrons. The number of ether oxygens (including phenoxy) is 2. The number of anilines is 1. The van der Waals surface area contributed by atoms with Crippen LogP contribution in [0.2, 0.25) is 5.02 Å². The molecule has 33 heavy (non-hydrogen) atoms. The van der Waals surface area contributed by atoms with Gasteiger partial charge in [-0.3, -0.25) is 4.79 Å². The smallest absolute Gasteiger partial charge is 0.337 e. The second kappa shape index (κ2) is 10.3. The van der Waals surface area contributed by atoms with Crippen LogP contribution < -0.4 is 5.32 Å². The number of rotatable bonds is 6. The van der Waals surface area contributed by atoms with Gasteiger partial charge < -0.3 is 14.8 Å². The van der Waals surface area contributed by atoms with Crippen molar-refractivity contribution in [3.8, 4) is 0 Å². The maximum absolute atomic E-state index is 13.0. The van der Waals surface area contributed by atoms with E-state index < -0.39 is 33.8 Å². The molecule has 0 aromatic heterocycles.